The highest BCUT2D eigenvalue weighted by molar-refractivity contribution is 9.10. The zero-order chi connectivity index (χ0) is 39.3. The van der Waals surface area contributed by atoms with E-state index >= 15 is 0 Å². The first-order chi connectivity index (χ1) is 29.1. The van der Waals surface area contributed by atoms with Crippen LogP contribution in [-0.4, -0.2) is 0 Å². The van der Waals surface area contributed by atoms with E-state index in [1.165, 1.54) is 62.6 Å². The maximum atomic E-state index is 4.00. The Morgan fingerprint density at radius 3 is 1.07 bits per heavy atom. The number of anilines is 6. The van der Waals surface area contributed by atoms with Crippen molar-refractivity contribution in [3.8, 4) is 22.3 Å². The molecular formula is C54H35BrN2S2. The standard InChI is InChI=1S/C54H35BrN2S2/c55-40-31-45(56(41-23-19-38(20-24-41)36-11-3-1-4-12-36)43-27-29-49-47-15-7-9-17-51(47)58-53(49)34-43)33-46(32-40)57(42-25-21-39(22-26-42)37-13-5-2-6-14-37)44-28-30-50-48-16-8-10-18-52(48)59-54(50)35-44/h1-35H. The van der Waals surface area contributed by atoms with Gasteiger partial charge < -0.3 is 9.80 Å². The van der Waals surface area contributed by atoms with Crippen LogP contribution in [0.4, 0.5) is 34.1 Å². The second-order valence-corrected chi connectivity index (χ2v) is 17.8. The van der Waals surface area contributed by atoms with Gasteiger partial charge in [0, 0.05) is 78.9 Å². The molecule has 0 N–H and O–H groups in total. The Hall–Kier alpha value is -6.50. The molecule has 0 radical (unpaired) electrons. The van der Waals surface area contributed by atoms with Gasteiger partial charge in [0.25, 0.3) is 0 Å². The summed E-state index contributed by atoms with van der Waals surface area (Å²) in [6.07, 6.45) is 0. The van der Waals surface area contributed by atoms with Gasteiger partial charge in [0.1, 0.15) is 0 Å². The van der Waals surface area contributed by atoms with E-state index < -0.39 is 0 Å². The van der Waals surface area contributed by atoms with Gasteiger partial charge in [0.05, 0.1) is 0 Å². The molecule has 2 aromatic heterocycles. The monoisotopic (exact) mass is 854 g/mol. The van der Waals surface area contributed by atoms with E-state index in [4.69, 9.17) is 0 Å². The number of hydrogen-bond acceptors (Lipinski definition) is 4. The lowest BCUT2D eigenvalue weighted by atomic mass is 10.0. The Bertz CT molecular complexity index is 3060. The fraction of sp³-hybridized carbons (Fsp3) is 0. The minimum atomic E-state index is 0.993. The Labute approximate surface area is 359 Å². The van der Waals surface area contributed by atoms with Crippen molar-refractivity contribution < 1.29 is 0 Å². The summed E-state index contributed by atoms with van der Waals surface area (Å²) in [6.45, 7) is 0. The van der Waals surface area contributed by atoms with Crippen LogP contribution < -0.4 is 9.80 Å². The third kappa shape index (κ3) is 6.67. The van der Waals surface area contributed by atoms with E-state index in [0.29, 0.717) is 0 Å². The first-order valence-electron chi connectivity index (χ1n) is 19.7. The molecule has 0 aliphatic carbocycles. The topological polar surface area (TPSA) is 6.48 Å². The molecule has 5 heteroatoms. The van der Waals surface area contributed by atoms with E-state index in [0.717, 1.165) is 38.6 Å². The van der Waals surface area contributed by atoms with Crippen molar-refractivity contribution in [3.05, 3.63) is 217 Å². The first-order valence-corrected chi connectivity index (χ1v) is 22.1. The number of benzene rings is 9. The number of thiophene rings is 2. The second-order valence-electron chi connectivity index (χ2n) is 14.7. The summed E-state index contributed by atoms with van der Waals surface area (Å²) in [5, 5.41) is 5.16. The van der Waals surface area contributed by atoms with E-state index in [1.807, 2.05) is 22.7 Å². The maximum absolute atomic E-state index is 4.00. The van der Waals surface area contributed by atoms with E-state index in [-0.39, 0.29) is 0 Å². The lowest BCUT2D eigenvalue weighted by Gasteiger charge is -2.30. The van der Waals surface area contributed by atoms with Gasteiger partial charge in [-0.05, 0) is 101 Å². The van der Waals surface area contributed by atoms with Crippen LogP contribution in [0.3, 0.4) is 0 Å². The minimum Gasteiger partial charge on any atom is -0.310 e. The summed E-state index contributed by atoms with van der Waals surface area (Å²) in [5.74, 6) is 0. The van der Waals surface area contributed by atoms with Gasteiger partial charge in [-0.3, -0.25) is 0 Å². The summed E-state index contributed by atoms with van der Waals surface area (Å²) in [7, 11) is 0. The van der Waals surface area contributed by atoms with Crippen LogP contribution in [0.15, 0.2) is 217 Å². The highest BCUT2D eigenvalue weighted by Gasteiger charge is 2.21. The van der Waals surface area contributed by atoms with Crippen LogP contribution in [0, 0.1) is 0 Å². The largest absolute Gasteiger partial charge is 0.310 e. The number of hydrogen-bond donors (Lipinski definition) is 0. The molecule has 2 heterocycles. The summed E-state index contributed by atoms with van der Waals surface area (Å²) in [5.41, 5.74) is 11.2. The van der Waals surface area contributed by atoms with E-state index in [9.17, 15) is 0 Å². The van der Waals surface area contributed by atoms with Crippen molar-refractivity contribution >= 4 is 113 Å². The molecule has 11 rings (SSSR count). The molecule has 280 valence electrons. The number of nitrogens with zero attached hydrogens (tertiary/aromatic N) is 2. The summed E-state index contributed by atoms with van der Waals surface area (Å²) in [6, 6.07) is 77.1. The lowest BCUT2D eigenvalue weighted by Crippen LogP contribution is -2.13. The fourth-order valence-electron chi connectivity index (χ4n) is 8.29. The Balaban J connectivity index is 1.09. The molecule has 2 nitrogen and oxygen atoms in total. The zero-order valence-electron chi connectivity index (χ0n) is 31.8. The van der Waals surface area contributed by atoms with Gasteiger partial charge in [0.2, 0.25) is 0 Å². The van der Waals surface area contributed by atoms with Crippen LogP contribution in [0.2, 0.25) is 0 Å². The van der Waals surface area contributed by atoms with Crippen LogP contribution in [0.5, 0.6) is 0 Å². The molecule has 59 heavy (non-hydrogen) atoms. The minimum absolute atomic E-state index is 0.993. The van der Waals surface area contributed by atoms with Gasteiger partial charge in [-0.15, -0.1) is 22.7 Å². The molecule has 0 saturated heterocycles. The molecule has 0 aliphatic rings. The molecule has 0 unspecified atom stereocenters. The number of halogens is 1. The SMILES string of the molecule is Brc1cc(N(c2ccc(-c3ccccc3)cc2)c2ccc3c(c2)sc2ccccc23)cc(N(c2ccc(-c3ccccc3)cc2)c2ccc3c(c2)sc2ccccc23)c1. The molecule has 0 saturated carbocycles. The van der Waals surface area contributed by atoms with Crippen molar-refractivity contribution in [1.29, 1.82) is 0 Å². The summed E-state index contributed by atoms with van der Waals surface area (Å²) in [4.78, 5) is 4.78. The van der Waals surface area contributed by atoms with Crippen molar-refractivity contribution in [2.24, 2.45) is 0 Å². The average Bonchev–Trinajstić information content (AvgIpc) is 3.85. The molecule has 0 atom stereocenters. The zero-order valence-corrected chi connectivity index (χ0v) is 35.0. The molecule has 0 amide bonds. The van der Waals surface area contributed by atoms with Gasteiger partial charge in [0.15, 0.2) is 0 Å². The lowest BCUT2D eigenvalue weighted by molar-refractivity contribution is 1.25. The van der Waals surface area contributed by atoms with Gasteiger partial charge in [-0.25, -0.2) is 0 Å². The van der Waals surface area contributed by atoms with Gasteiger partial charge in [-0.2, -0.15) is 0 Å². The molecule has 11 aromatic rings. The third-order valence-corrected chi connectivity index (χ3v) is 13.8. The molecule has 0 aliphatic heterocycles. The van der Waals surface area contributed by atoms with E-state index in [1.54, 1.807) is 0 Å². The Morgan fingerprint density at radius 1 is 0.271 bits per heavy atom. The molecule has 0 fully saturated rings. The normalized spacial score (nSPS) is 11.5. The summed E-state index contributed by atoms with van der Waals surface area (Å²) >= 11 is 7.70. The van der Waals surface area contributed by atoms with Crippen LogP contribution in [-0.2, 0) is 0 Å². The molecule has 0 bridgehead atoms. The van der Waals surface area contributed by atoms with Crippen molar-refractivity contribution in [2.45, 2.75) is 0 Å². The quantitative estimate of drug-likeness (QED) is 0.150. The van der Waals surface area contributed by atoms with Crippen molar-refractivity contribution in [1.82, 2.24) is 0 Å². The van der Waals surface area contributed by atoms with Crippen molar-refractivity contribution in [3.63, 3.8) is 0 Å². The highest BCUT2D eigenvalue weighted by atomic mass is 79.9. The maximum Gasteiger partial charge on any atom is 0.0493 e. The predicted molar refractivity (Wildman–Crippen MR) is 260 cm³/mol. The number of rotatable bonds is 8. The summed E-state index contributed by atoms with van der Waals surface area (Å²) < 4.78 is 6.12. The molecular weight excluding hydrogens is 821 g/mol. The van der Waals surface area contributed by atoms with Gasteiger partial charge in [-0.1, -0.05) is 149 Å². The average molecular weight is 856 g/mol. The van der Waals surface area contributed by atoms with Gasteiger partial charge >= 0.3 is 0 Å². The molecule has 0 spiro atoms. The molecule has 9 aromatic carbocycles. The van der Waals surface area contributed by atoms with E-state index in [2.05, 4.69) is 238 Å². The Morgan fingerprint density at radius 2 is 0.627 bits per heavy atom. The van der Waals surface area contributed by atoms with Crippen LogP contribution in [0.1, 0.15) is 0 Å². The van der Waals surface area contributed by atoms with Crippen LogP contribution in [0.25, 0.3) is 62.6 Å². The fourth-order valence-corrected chi connectivity index (χ4v) is 11.0. The van der Waals surface area contributed by atoms with Crippen molar-refractivity contribution in [2.75, 3.05) is 9.80 Å². The highest BCUT2D eigenvalue weighted by Crippen LogP contribution is 2.46. The second kappa shape index (κ2) is 15.0. The van der Waals surface area contributed by atoms with Crippen LogP contribution >= 0.6 is 38.6 Å². The third-order valence-electron chi connectivity index (χ3n) is 11.1. The Kier molecular flexibility index (Phi) is 9.08. The first kappa shape index (κ1) is 35.6. The number of fused-ring (bicyclic) bond motifs is 6. The smallest absolute Gasteiger partial charge is 0.0493 e. The predicted octanol–water partition coefficient (Wildman–Crippen LogP) is 17.5.